The quantitative estimate of drug-likeness (QED) is 0.620. The first-order valence-corrected chi connectivity index (χ1v) is 12.1. The number of aryl methyl sites for hydroxylation is 2. The minimum absolute atomic E-state index is 0.0371. The van der Waals surface area contributed by atoms with Crippen LogP contribution in [0.2, 0.25) is 0 Å². The smallest absolute Gasteiger partial charge is 0.244 e. The first-order chi connectivity index (χ1) is 15.0. The lowest BCUT2D eigenvalue weighted by Gasteiger charge is -2.33. The van der Waals surface area contributed by atoms with Gasteiger partial charge in [0.1, 0.15) is 18.4 Å². The van der Waals surface area contributed by atoms with Crippen molar-refractivity contribution in [1.82, 2.24) is 10.2 Å². The highest BCUT2D eigenvalue weighted by Crippen LogP contribution is 2.25. The zero-order valence-corrected chi connectivity index (χ0v) is 19.9. The highest BCUT2D eigenvalue weighted by Gasteiger charge is 2.31. The highest BCUT2D eigenvalue weighted by atomic mass is 32.2. The second kappa shape index (κ2) is 10.6. The molecular formula is C23H30FN3O4S. The molecule has 0 aliphatic carbocycles. The van der Waals surface area contributed by atoms with Crippen molar-refractivity contribution >= 4 is 27.5 Å². The Labute approximate surface area is 189 Å². The van der Waals surface area contributed by atoms with E-state index in [0.29, 0.717) is 23.2 Å². The number of hydrogen-bond donors (Lipinski definition) is 1. The topological polar surface area (TPSA) is 86.8 Å². The molecule has 2 amide bonds. The van der Waals surface area contributed by atoms with Gasteiger partial charge in [0, 0.05) is 13.6 Å². The average molecular weight is 464 g/mol. The fourth-order valence-corrected chi connectivity index (χ4v) is 4.35. The van der Waals surface area contributed by atoms with Gasteiger partial charge in [0.15, 0.2) is 0 Å². The van der Waals surface area contributed by atoms with E-state index < -0.39 is 34.3 Å². The van der Waals surface area contributed by atoms with Crippen LogP contribution in [0, 0.1) is 19.7 Å². The average Bonchev–Trinajstić information content (AvgIpc) is 2.73. The maximum absolute atomic E-state index is 13.4. The number of nitrogens with one attached hydrogen (secondary N) is 1. The lowest BCUT2D eigenvalue weighted by molar-refractivity contribution is -0.140. The van der Waals surface area contributed by atoms with E-state index in [1.165, 1.54) is 36.2 Å². The van der Waals surface area contributed by atoms with Crippen LogP contribution in [-0.4, -0.2) is 51.0 Å². The van der Waals surface area contributed by atoms with E-state index in [9.17, 15) is 22.4 Å². The first kappa shape index (κ1) is 25.3. The van der Waals surface area contributed by atoms with E-state index in [0.717, 1.165) is 16.1 Å². The molecule has 1 N–H and O–H groups in total. The summed E-state index contributed by atoms with van der Waals surface area (Å²) >= 11 is 0. The van der Waals surface area contributed by atoms with Crippen molar-refractivity contribution < 1.29 is 22.4 Å². The number of amides is 2. The summed E-state index contributed by atoms with van der Waals surface area (Å²) in [7, 11) is -2.31. The Hall–Kier alpha value is -2.94. The third kappa shape index (κ3) is 6.29. The van der Waals surface area contributed by atoms with E-state index in [1.54, 1.807) is 26.0 Å². The summed E-state index contributed by atoms with van der Waals surface area (Å²) in [5, 5.41) is 2.55. The molecule has 0 saturated heterocycles. The van der Waals surface area contributed by atoms with Crippen LogP contribution >= 0.6 is 0 Å². The van der Waals surface area contributed by atoms with Crippen LogP contribution < -0.4 is 9.62 Å². The fraction of sp³-hybridized carbons (Fsp3) is 0.391. The van der Waals surface area contributed by atoms with Crippen molar-refractivity contribution in [2.45, 2.75) is 39.8 Å². The molecule has 0 aliphatic rings. The maximum atomic E-state index is 13.4. The lowest BCUT2D eigenvalue weighted by Crippen LogP contribution is -2.51. The van der Waals surface area contributed by atoms with Crippen LogP contribution in [-0.2, 0) is 26.2 Å². The number of carbonyl (C=O) groups excluding carboxylic acids is 2. The van der Waals surface area contributed by atoms with E-state index >= 15 is 0 Å². The Balaban J connectivity index is 2.46. The molecule has 0 aromatic heterocycles. The van der Waals surface area contributed by atoms with E-state index in [1.807, 2.05) is 13.0 Å². The third-order valence-electron chi connectivity index (χ3n) is 5.21. The molecule has 2 aromatic carbocycles. The van der Waals surface area contributed by atoms with Gasteiger partial charge in [-0.2, -0.15) is 0 Å². The number of hydrogen-bond acceptors (Lipinski definition) is 4. The molecule has 2 rings (SSSR count). The Morgan fingerprint density at radius 2 is 1.72 bits per heavy atom. The first-order valence-electron chi connectivity index (χ1n) is 10.3. The number of sulfonamides is 1. The standard InChI is InChI=1S/C23H30FN3O4S/c1-6-20(23(29)25-4)26(14-18-9-11-19(24)12-10-18)22(28)15-27(32(5,30)31)21-13-16(2)7-8-17(21)3/h7-13,20H,6,14-15H2,1-5H3,(H,25,29)/t20-/m0/s1. The van der Waals surface area contributed by atoms with Gasteiger partial charge in [-0.3, -0.25) is 13.9 Å². The van der Waals surface area contributed by atoms with Crippen LogP contribution in [0.15, 0.2) is 42.5 Å². The molecule has 7 nitrogen and oxygen atoms in total. The SMILES string of the molecule is CC[C@@H](C(=O)NC)N(Cc1ccc(F)cc1)C(=O)CN(c1cc(C)ccc1C)S(C)(=O)=O. The van der Waals surface area contributed by atoms with Crippen LogP contribution in [0.5, 0.6) is 0 Å². The van der Waals surface area contributed by atoms with Gasteiger partial charge < -0.3 is 10.2 Å². The minimum atomic E-state index is -3.79. The molecular weight excluding hydrogens is 433 g/mol. The number of likely N-dealkylation sites (N-methyl/N-ethyl adjacent to an activating group) is 1. The Morgan fingerprint density at radius 1 is 1.09 bits per heavy atom. The maximum Gasteiger partial charge on any atom is 0.244 e. The second-order valence-corrected chi connectivity index (χ2v) is 9.65. The summed E-state index contributed by atoms with van der Waals surface area (Å²) in [6.45, 7) is 4.95. The third-order valence-corrected chi connectivity index (χ3v) is 6.34. The van der Waals surface area contributed by atoms with E-state index in [-0.39, 0.29) is 12.5 Å². The van der Waals surface area contributed by atoms with Crippen LogP contribution in [0.1, 0.15) is 30.0 Å². The number of nitrogens with zero attached hydrogens (tertiary/aromatic N) is 2. The molecule has 0 radical (unpaired) electrons. The molecule has 2 aromatic rings. The van der Waals surface area contributed by atoms with Gasteiger partial charge >= 0.3 is 0 Å². The highest BCUT2D eigenvalue weighted by molar-refractivity contribution is 7.92. The fourth-order valence-electron chi connectivity index (χ4n) is 3.46. The van der Waals surface area contributed by atoms with Crippen molar-refractivity contribution in [1.29, 1.82) is 0 Å². The predicted octanol–water partition coefficient (Wildman–Crippen LogP) is 2.76. The Morgan fingerprint density at radius 3 is 2.25 bits per heavy atom. The van der Waals surface area contributed by atoms with Crippen LogP contribution in [0.3, 0.4) is 0 Å². The number of benzene rings is 2. The van der Waals surface area contributed by atoms with Crippen LogP contribution in [0.25, 0.3) is 0 Å². The van der Waals surface area contributed by atoms with Gasteiger partial charge in [-0.1, -0.05) is 31.2 Å². The second-order valence-electron chi connectivity index (χ2n) is 7.75. The van der Waals surface area contributed by atoms with Gasteiger partial charge in [-0.15, -0.1) is 0 Å². The molecule has 0 heterocycles. The molecule has 0 saturated carbocycles. The van der Waals surface area contributed by atoms with Gasteiger partial charge in [-0.25, -0.2) is 12.8 Å². The largest absolute Gasteiger partial charge is 0.357 e. The molecule has 1 atom stereocenters. The summed E-state index contributed by atoms with van der Waals surface area (Å²) in [6, 6.07) is 10.2. The van der Waals surface area contributed by atoms with E-state index in [2.05, 4.69) is 5.32 Å². The summed E-state index contributed by atoms with van der Waals surface area (Å²) in [6.07, 6.45) is 1.37. The van der Waals surface area contributed by atoms with Gasteiger partial charge in [0.25, 0.3) is 0 Å². The van der Waals surface area contributed by atoms with Gasteiger partial charge in [-0.05, 0) is 55.2 Å². The molecule has 32 heavy (non-hydrogen) atoms. The number of halogens is 1. The normalized spacial score (nSPS) is 12.2. The zero-order valence-electron chi connectivity index (χ0n) is 19.1. The molecule has 0 aliphatic heterocycles. The number of anilines is 1. The summed E-state index contributed by atoms with van der Waals surface area (Å²) < 4.78 is 39.6. The van der Waals surface area contributed by atoms with Crippen molar-refractivity contribution in [2.75, 3.05) is 24.2 Å². The van der Waals surface area contributed by atoms with Gasteiger partial charge in [0.2, 0.25) is 21.8 Å². The predicted molar refractivity (Wildman–Crippen MR) is 123 cm³/mol. The Kier molecular flexibility index (Phi) is 8.38. The molecule has 174 valence electrons. The number of carbonyl (C=O) groups is 2. The lowest BCUT2D eigenvalue weighted by atomic mass is 10.1. The summed E-state index contributed by atoms with van der Waals surface area (Å²) in [5.41, 5.74) is 2.60. The Bertz CT molecular complexity index is 1070. The van der Waals surface area contributed by atoms with Crippen LogP contribution in [0.4, 0.5) is 10.1 Å². The molecule has 9 heteroatoms. The summed E-state index contributed by atoms with van der Waals surface area (Å²) in [4.78, 5) is 27.3. The number of rotatable bonds is 9. The van der Waals surface area contributed by atoms with E-state index in [4.69, 9.17) is 0 Å². The molecule has 0 fully saturated rings. The van der Waals surface area contributed by atoms with Crippen molar-refractivity contribution in [3.63, 3.8) is 0 Å². The molecule has 0 unspecified atom stereocenters. The van der Waals surface area contributed by atoms with Gasteiger partial charge in [0.05, 0.1) is 11.9 Å². The zero-order chi connectivity index (χ0) is 24.1. The molecule has 0 bridgehead atoms. The van der Waals surface area contributed by atoms with Crippen molar-refractivity contribution in [3.05, 3.63) is 65.0 Å². The van der Waals surface area contributed by atoms with Crippen molar-refractivity contribution in [3.8, 4) is 0 Å². The monoisotopic (exact) mass is 463 g/mol. The van der Waals surface area contributed by atoms with Crippen molar-refractivity contribution in [2.24, 2.45) is 0 Å². The summed E-state index contributed by atoms with van der Waals surface area (Å²) in [5.74, 6) is -1.31. The minimum Gasteiger partial charge on any atom is -0.357 e. The molecule has 0 spiro atoms.